The average Bonchev–Trinajstić information content (AvgIpc) is 2.18. The average molecular weight is 190 g/mol. The second-order valence-corrected chi connectivity index (χ2v) is 2.40. The molecule has 5 heteroatoms. The van der Waals surface area contributed by atoms with Gasteiger partial charge in [-0.3, -0.25) is 4.98 Å². The number of pyridine rings is 1. The van der Waals surface area contributed by atoms with Crippen molar-refractivity contribution in [3.8, 4) is 11.8 Å². The first-order chi connectivity index (χ1) is 6.83. The Morgan fingerprint density at radius 1 is 1.57 bits per heavy atom. The van der Waals surface area contributed by atoms with Gasteiger partial charge in [0.25, 0.3) is 0 Å². The summed E-state index contributed by atoms with van der Waals surface area (Å²) in [6.07, 6.45) is 3.05. The van der Waals surface area contributed by atoms with Crippen LogP contribution >= 0.6 is 0 Å². The van der Waals surface area contributed by atoms with Crippen molar-refractivity contribution in [2.24, 2.45) is 5.11 Å². The number of azide groups is 1. The highest BCUT2D eigenvalue weighted by atomic mass is 19.1. The monoisotopic (exact) mass is 190 g/mol. The first-order valence-corrected chi connectivity index (χ1v) is 3.93. The Kier molecular flexibility index (Phi) is 3.99. The van der Waals surface area contributed by atoms with Gasteiger partial charge in [0.2, 0.25) is 0 Å². The van der Waals surface area contributed by atoms with Gasteiger partial charge in [-0.25, -0.2) is 4.39 Å². The summed E-state index contributed by atoms with van der Waals surface area (Å²) < 4.78 is 12.6. The molecule has 0 atom stereocenters. The van der Waals surface area contributed by atoms with E-state index in [-0.39, 0.29) is 0 Å². The number of rotatable bonds is 2. The van der Waals surface area contributed by atoms with Crippen LogP contribution in [-0.2, 0) is 0 Å². The molecule has 0 fully saturated rings. The molecule has 70 valence electrons. The molecule has 14 heavy (non-hydrogen) atoms. The quantitative estimate of drug-likeness (QED) is 0.232. The Morgan fingerprint density at radius 2 is 2.43 bits per heavy atom. The lowest BCUT2D eigenvalue weighted by molar-refractivity contribution is 0.621. The standard InChI is InChI=1S/C9H7FN4/c10-9-5-8(6-12-7-9)3-1-2-4-13-14-11/h5-7H,2,4H2. The summed E-state index contributed by atoms with van der Waals surface area (Å²) in [6.45, 7) is 0.326. The van der Waals surface area contributed by atoms with Crippen LogP contribution < -0.4 is 0 Å². The molecule has 0 saturated heterocycles. The van der Waals surface area contributed by atoms with Crippen molar-refractivity contribution in [3.63, 3.8) is 0 Å². The van der Waals surface area contributed by atoms with Gasteiger partial charge in [0.15, 0.2) is 0 Å². The third-order valence-electron chi connectivity index (χ3n) is 1.34. The molecule has 0 amide bonds. The Morgan fingerprint density at radius 3 is 3.14 bits per heavy atom. The van der Waals surface area contributed by atoms with Crippen molar-refractivity contribution in [1.82, 2.24) is 4.98 Å². The maximum atomic E-state index is 12.6. The molecule has 1 aromatic heterocycles. The number of aromatic nitrogens is 1. The summed E-state index contributed by atoms with van der Waals surface area (Å²) in [6, 6.07) is 1.30. The Balaban J connectivity index is 2.54. The van der Waals surface area contributed by atoms with E-state index in [4.69, 9.17) is 5.53 Å². The summed E-state index contributed by atoms with van der Waals surface area (Å²) in [5.41, 5.74) is 8.49. The molecule has 0 bridgehead atoms. The van der Waals surface area contributed by atoms with Crippen molar-refractivity contribution in [3.05, 3.63) is 40.3 Å². The van der Waals surface area contributed by atoms with Crippen LogP contribution in [-0.4, -0.2) is 11.5 Å². The van der Waals surface area contributed by atoms with E-state index in [9.17, 15) is 4.39 Å². The number of hydrogen-bond donors (Lipinski definition) is 0. The van der Waals surface area contributed by atoms with E-state index in [1.54, 1.807) is 0 Å². The molecule has 4 nitrogen and oxygen atoms in total. The molecule has 0 aliphatic carbocycles. The van der Waals surface area contributed by atoms with E-state index in [1.807, 2.05) is 0 Å². The van der Waals surface area contributed by atoms with E-state index in [1.165, 1.54) is 12.3 Å². The highest BCUT2D eigenvalue weighted by Gasteiger charge is 1.90. The Bertz CT molecular complexity index is 412. The topological polar surface area (TPSA) is 61.7 Å². The minimum atomic E-state index is -0.410. The van der Waals surface area contributed by atoms with Crippen LogP contribution in [0.1, 0.15) is 12.0 Å². The Labute approximate surface area is 80.4 Å². The molecule has 1 heterocycles. The van der Waals surface area contributed by atoms with Gasteiger partial charge in [-0.05, 0) is 11.6 Å². The molecule has 0 spiro atoms. The van der Waals surface area contributed by atoms with Gasteiger partial charge < -0.3 is 0 Å². The van der Waals surface area contributed by atoms with Crippen molar-refractivity contribution in [2.75, 3.05) is 6.54 Å². The summed E-state index contributed by atoms with van der Waals surface area (Å²) >= 11 is 0. The summed E-state index contributed by atoms with van der Waals surface area (Å²) in [5, 5.41) is 3.31. The van der Waals surface area contributed by atoms with Crippen LogP contribution in [0.25, 0.3) is 10.4 Å². The van der Waals surface area contributed by atoms with E-state index in [0.717, 1.165) is 6.20 Å². The van der Waals surface area contributed by atoms with Crippen molar-refractivity contribution in [1.29, 1.82) is 0 Å². The zero-order chi connectivity index (χ0) is 10.2. The largest absolute Gasteiger partial charge is 0.260 e. The van der Waals surface area contributed by atoms with Gasteiger partial charge in [-0.15, -0.1) is 0 Å². The van der Waals surface area contributed by atoms with Crippen LogP contribution in [0.15, 0.2) is 23.6 Å². The fourth-order valence-electron chi connectivity index (χ4n) is 0.795. The molecular weight excluding hydrogens is 183 g/mol. The second-order valence-electron chi connectivity index (χ2n) is 2.40. The van der Waals surface area contributed by atoms with Crippen LogP contribution in [0, 0.1) is 17.7 Å². The molecule has 0 N–H and O–H groups in total. The molecule has 0 aromatic carbocycles. The van der Waals surface area contributed by atoms with Crippen LogP contribution in [0.5, 0.6) is 0 Å². The minimum absolute atomic E-state index is 0.326. The van der Waals surface area contributed by atoms with Gasteiger partial charge in [0.1, 0.15) is 5.82 Å². The number of halogens is 1. The van der Waals surface area contributed by atoms with Crippen LogP contribution in [0.2, 0.25) is 0 Å². The molecule has 0 unspecified atom stereocenters. The zero-order valence-electron chi connectivity index (χ0n) is 7.31. The predicted octanol–water partition coefficient (Wildman–Crippen LogP) is 2.27. The van der Waals surface area contributed by atoms with E-state index in [0.29, 0.717) is 18.5 Å². The fourth-order valence-corrected chi connectivity index (χ4v) is 0.795. The SMILES string of the molecule is [N-]=[N+]=NCCC#Cc1cncc(F)c1. The molecule has 1 aromatic rings. The molecule has 0 saturated carbocycles. The lowest BCUT2D eigenvalue weighted by atomic mass is 10.3. The molecule has 0 radical (unpaired) electrons. The lowest BCUT2D eigenvalue weighted by Crippen LogP contribution is -1.81. The van der Waals surface area contributed by atoms with Crippen molar-refractivity contribution < 1.29 is 4.39 Å². The summed E-state index contributed by atoms with van der Waals surface area (Å²) in [5.74, 6) is 5.04. The predicted molar refractivity (Wildman–Crippen MR) is 49.7 cm³/mol. The maximum Gasteiger partial charge on any atom is 0.142 e. The van der Waals surface area contributed by atoms with E-state index >= 15 is 0 Å². The molecule has 1 rings (SSSR count). The normalized spacial score (nSPS) is 8.36. The van der Waals surface area contributed by atoms with Crippen molar-refractivity contribution >= 4 is 0 Å². The fraction of sp³-hybridized carbons (Fsp3) is 0.222. The van der Waals surface area contributed by atoms with Gasteiger partial charge in [0, 0.05) is 29.6 Å². The Hall–Kier alpha value is -2.05. The van der Waals surface area contributed by atoms with Crippen LogP contribution in [0.3, 0.4) is 0 Å². The maximum absolute atomic E-state index is 12.6. The van der Waals surface area contributed by atoms with E-state index in [2.05, 4.69) is 26.9 Å². The highest BCUT2D eigenvalue weighted by molar-refractivity contribution is 5.31. The highest BCUT2D eigenvalue weighted by Crippen LogP contribution is 1.98. The number of nitrogens with zero attached hydrogens (tertiary/aromatic N) is 4. The minimum Gasteiger partial charge on any atom is -0.260 e. The smallest absolute Gasteiger partial charge is 0.142 e. The third kappa shape index (κ3) is 3.57. The van der Waals surface area contributed by atoms with Gasteiger partial charge in [-0.2, -0.15) is 0 Å². The molecule has 0 aliphatic rings. The first-order valence-electron chi connectivity index (χ1n) is 3.93. The molecular formula is C9H7FN4. The van der Waals surface area contributed by atoms with Crippen LogP contribution in [0.4, 0.5) is 4.39 Å². The third-order valence-corrected chi connectivity index (χ3v) is 1.34. The van der Waals surface area contributed by atoms with Gasteiger partial charge in [-0.1, -0.05) is 17.0 Å². The molecule has 0 aliphatic heterocycles. The van der Waals surface area contributed by atoms with Gasteiger partial charge >= 0.3 is 0 Å². The van der Waals surface area contributed by atoms with E-state index < -0.39 is 5.82 Å². The lowest BCUT2D eigenvalue weighted by Gasteiger charge is -1.88. The first kappa shape index (κ1) is 10.0. The second kappa shape index (κ2) is 5.57. The zero-order valence-corrected chi connectivity index (χ0v) is 7.31. The number of hydrogen-bond acceptors (Lipinski definition) is 2. The summed E-state index contributed by atoms with van der Waals surface area (Å²) in [7, 11) is 0. The van der Waals surface area contributed by atoms with Gasteiger partial charge in [0.05, 0.1) is 6.20 Å². The summed E-state index contributed by atoms with van der Waals surface area (Å²) in [4.78, 5) is 6.22. The van der Waals surface area contributed by atoms with Crippen molar-refractivity contribution in [2.45, 2.75) is 6.42 Å².